The predicted molar refractivity (Wildman–Crippen MR) is 79.1 cm³/mol. The second-order valence-electron chi connectivity index (χ2n) is 5.86. The van der Waals surface area contributed by atoms with Gasteiger partial charge in [-0.25, -0.2) is 9.78 Å². The molecule has 0 bridgehead atoms. The van der Waals surface area contributed by atoms with E-state index in [1.54, 1.807) is 0 Å². The molecule has 0 fully saturated rings. The third-order valence-electron chi connectivity index (χ3n) is 2.98. The van der Waals surface area contributed by atoms with E-state index in [9.17, 15) is 4.79 Å². The third-order valence-corrected chi connectivity index (χ3v) is 2.98. The normalized spacial score (nSPS) is 11.4. The van der Waals surface area contributed by atoms with Crippen molar-refractivity contribution in [2.45, 2.75) is 33.1 Å². The van der Waals surface area contributed by atoms with Crippen molar-refractivity contribution in [1.82, 2.24) is 9.97 Å². The quantitative estimate of drug-likeness (QED) is 0.779. The molecule has 5 heteroatoms. The van der Waals surface area contributed by atoms with Gasteiger partial charge in [-0.15, -0.1) is 0 Å². The number of nitrogens with one attached hydrogen (secondary N) is 2. The van der Waals surface area contributed by atoms with E-state index < -0.39 is 6.09 Å². The average Bonchev–Trinajstić information content (AvgIpc) is 2.73. The zero-order valence-electron chi connectivity index (χ0n) is 12.1. The molecular formula is C15H19N3O2. The van der Waals surface area contributed by atoms with Crippen LogP contribution >= 0.6 is 0 Å². The Morgan fingerprint density at radius 3 is 2.35 bits per heavy atom. The summed E-state index contributed by atoms with van der Waals surface area (Å²) in [6.45, 7) is 8.08. The molecule has 0 spiro atoms. The smallest absolute Gasteiger partial charge is 0.410 e. The van der Waals surface area contributed by atoms with Crippen LogP contribution in [-0.2, 0) is 5.41 Å². The summed E-state index contributed by atoms with van der Waals surface area (Å²) in [6.07, 6.45) is -1.12. The molecule has 0 aliphatic carbocycles. The predicted octanol–water partition coefficient (Wildman–Crippen LogP) is 3.77. The van der Waals surface area contributed by atoms with E-state index in [1.165, 1.54) is 0 Å². The summed E-state index contributed by atoms with van der Waals surface area (Å²) in [5.41, 5.74) is 2.56. The Morgan fingerprint density at radius 1 is 1.25 bits per heavy atom. The van der Waals surface area contributed by atoms with Gasteiger partial charge in [0.2, 0.25) is 0 Å². The number of amides is 1. The fourth-order valence-corrected chi connectivity index (χ4v) is 1.85. The monoisotopic (exact) mass is 273 g/mol. The number of aryl methyl sites for hydroxylation is 1. The molecule has 2 aromatic rings. The lowest BCUT2D eigenvalue weighted by Gasteiger charge is -2.13. The second kappa shape index (κ2) is 5.00. The molecule has 0 saturated carbocycles. The highest BCUT2D eigenvalue weighted by atomic mass is 16.4. The van der Waals surface area contributed by atoms with Crippen molar-refractivity contribution < 1.29 is 9.90 Å². The number of benzene rings is 1. The summed E-state index contributed by atoms with van der Waals surface area (Å²) in [7, 11) is 0. The van der Waals surface area contributed by atoms with Gasteiger partial charge >= 0.3 is 6.09 Å². The number of nitrogens with zero attached hydrogens (tertiary/aromatic N) is 1. The van der Waals surface area contributed by atoms with Crippen molar-refractivity contribution in [3.05, 3.63) is 35.7 Å². The van der Waals surface area contributed by atoms with Crippen molar-refractivity contribution in [2.24, 2.45) is 0 Å². The molecule has 0 aliphatic rings. The summed E-state index contributed by atoms with van der Waals surface area (Å²) in [6, 6.07) is 7.86. The summed E-state index contributed by atoms with van der Waals surface area (Å²) in [5.74, 6) is 1.09. The summed E-state index contributed by atoms with van der Waals surface area (Å²) in [5, 5.41) is 11.3. The van der Waals surface area contributed by atoms with Crippen molar-refractivity contribution in [2.75, 3.05) is 5.32 Å². The summed E-state index contributed by atoms with van der Waals surface area (Å²) in [4.78, 5) is 18.5. The Bertz CT molecular complexity index is 622. The lowest BCUT2D eigenvalue weighted by atomic mass is 9.96. The molecule has 1 aromatic heterocycles. The SMILES string of the molecule is Cc1ccc(-c2[nH]c(C(C)(C)C)nc2NC(=O)O)cc1. The highest BCUT2D eigenvalue weighted by molar-refractivity contribution is 5.87. The molecule has 0 saturated heterocycles. The van der Waals surface area contributed by atoms with Crippen LogP contribution in [0.3, 0.4) is 0 Å². The van der Waals surface area contributed by atoms with Gasteiger partial charge in [0, 0.05) is 11.0 Å². The van der Waals surface area contributed by atoms with Gasteiger partial charge in [0.05, 0.1) is 5.69 Å². The van der Waals surface area contributed by atoms with Crippen LogP contribution in [0.5, 0.6) is 0 Å². The maximum absolute atomic E-state index is 10.9. The Morgan fingerprint density at radius 2 is 1.85 bits per heavy atom. The van der Waals surface area contributed by atoms with E-state index in [4.69, 9.17) is 5.11 Å². The lowest BCUT2D eigenvalue weighted by molar-refractivity contribution is 0.209. The van der Waals surface area contributed by atoms with Gasteiger partial charge < -0.3 is 10.1 Å². The van der Waals surface area contributed by atoms with Gasteiger partial charge in [0.25, 0.3) is 0 Å². The van der Waals surface area contributed by atoms with Crippen LogP contribution in [0, 0.1) is 6.92 Å². The van der Waals surface area contributed by atoms with Gasteiger partial charge in [-0.3, -0.25) is 5.32 Å². The third kappa shape index (κ3) is 2.99. The van der Waals surface area contributed by atoms with Crippen LogP contribution < -0.4 is 5.32 Å². The van der Waals surface area contributed by atoms with Crippen LogP contribution in [0.4, 0.5) is 10.6 Å². The Balaban J connectivity index is 2.52. The van der Waals surface area contributed by atoms with Crippen molar-refractivity contribution in [3.63, 3.8) is 0 Å². The van der Waals surface area contributed by atoms with E-state index in [1.807, 2.05) is 52.0 Å². The fraction of sp³-hybridized carbons (Fsp3) is 0.333. The molecule has 0 unspecified atom stereocenters. The first-order valence-corrected chi connectivity index (χ1v) is 6.45. The minimum Gasteiger partial charge on any atom is -0.465 e. The van der Waals surface area contributed by atoms with E-state index >= 15 is 0 Å². The molecule has 0 radical (unpaired) electrons. The Labute approximate surface area is 118 Å². The topological polar surface area (TPSA) is 78.0 Å². The molecule has 106 valence electrons. The molecule has 3 N–H and O–H groups in total. The van der Waals surface area contributed by atoms with E-state index in [2.05, 4.69) is 15.3 Å². The molecular weight excluding hydrogens is 254 g/mol. The second-order valence-corrected chi connectivity index (χ2v) is 5.86. The molecule has 0 aliphatic heterocycles. The molecule has 0 atom stereocenters. The number of hydrogen-bond acceptors (Lipinski definition) is 2. The van der Waals surface area contributed by atoms with E-state index in [-0.39, 0.29) is 5.41 Å². The highest BCUT2D eigenvalue weighted by Gasteiger charge is 2.22. The minimum absolute atomic E-state index is 0.183. The molecule has 2 rings (SSSR count). The van der Waals surface area contributed by atoms with Gasteiger partial charge in [-0.2, -0.15) is 0 Å². The Kier molecular flexibility index (Phi) is 3.53. The van der Waals surface area contributed by atoms with Crippen LogP contribution in [0.1, 0.15) is 32.2 Å². The first-order chi connectivity index (χ1) is 9.27. The average molecular weight is 273 g/mol. The van der Waals surface area contributed by atoms with Gasteiger partial charge in [0.15, 0.2) is 5.82 Å². The number of aromatic amines is 1. The number of aromatic nitrogens is 2. The number of carboxylic acid groups (broad SMARTS) is 1. The molecule has 1 heterocycles. The maximum atomic E-state index is 10.9. The zero-order chi connectivity index (χ0) is 14.9. The van der Waals surface area contributed by atoms with Crippen LogP contribution in [0.25, 0.3) is 11.3 Å². The lowest BCUT2D eigenvalue weighted by Crippen LogP contribution is -2.14. The number of H-pyrrole nitrogens is 1. The first kappa shape index (κ1) is 14.1. The largest absolute Gasteiger partial charge is 0.465 e. The van der Waals surface area contributed by atoms with Crippen LogP contribution in [0.2, 0.25) is 0 Å². The number of carbonyl (C=O) groups is 1. The van der Waals surface area contributed by atoms with Crippen molar-refractivity contribution in [1.29, 1.82) is 0 Å². The molecule has 1 aromatic carbocycles. The molecule has 1 amide bonds. The molecule has 20 heavy (non-hydrogen) atoms. The number of hydrogen-bond donors (Lipinski definition) is 3. The Hall–Kier alpha value is -2.30. The van der Waals surface area contributed by atoms with Crippen molar-refractivity contribution >= 4 is 11.9 Å². The van der Waals surface area contributed by atoms with Crippen LogP contribution in [-0.4, -0.2) is 21.2 Å². The minimum atomic E-state index is -1.12. The number of anilines is 1. The highest BCUT2D eigenvalue weighted by Crippen LogP contribution is 2.30. The summed E-state index contributed by atoms with van der Waals surface area (Å²) < 4.78 is 0. The number of rotatable bonds is 2. The van der Waals surface area contributed by atoms with E-state index in [0.29, 0.717) is 11.5 Å². The molecule has 5 nitrogen and oxygen atoms in total. The van der Waals surface area contributed by atoms with Gasteiger partial charge in [0.1, 0.15) is 5.82 Å². The first-order valence-electron chi connectivity index (χ1n) is 6.45. The van der Waals surface area contributed by atoms with Gasteiger partial charge in [-0.05, 0) is 6.92 Å². The number of imidazole rings is 1. The van der Waals surface area contributed by atoms with Crippen LogP contribution in [0.15, 0.2) is 24.3 Å². The summed E-state index contributed by atoms with van der Waals surface area (Å²) >= 11 is 0. The van der Waals surface area contributed by atoms with Gasteiger partial charge in [-0.1, -0.05) is 50.6 Å². The fourth-order valence-electron chi connectivity index (χ4n) is 1.85. The zero-order valence-corrected chi connectivity index (χ0v) is 12.1. The maximum Gasteiger partial charge on any atom is 0.410 e. The standard InChI is InChI=1S/C15H19N3O2/c1-9-5-7-10(8-6-9)11-12(18-14(19)20)17-13(16-11)15(2,3)4/h5-8,18H,1-4H3,(H,16,17)(H,19,20). The van der Waals surface area contributed by atoms with Crippen molar-refractivity contribution in [3.8, 4) is 11.3 Å². The van der Waals surface area contributed by atoms with E-state index in [0.717, 1.165) is 17.0 Å².